The standard InChI is InChI=1S/C66H105O11P/c1-4-7-10-13-16-19-22-25-28-30-31-33-35-37-40-43-46-49-52-55-64(68)73-59-63(77-66(70)57-54-51-48-45-42-39-36-32-29-26-23-20-17-14-11-8-5-2)61-75-78(71,72)74-60-62(58-67)76-65(69)56-53-50-47-44-41-38-34-27-24-21-18-15-12-9-6-3/h7-12,16-21,25-29,31,33-34,37,40-41,44,62-63,67H,4-6,13-15,22-24,30,32,35-36,38-39,42-43,45-61H2,1-3H3,(H,71,72)/b10-7-,11-8-,12-9-,19-16-,20-17-,21-18-,28-25-,29-26-,33-31-,34-27-,40-37-,44-41-. The Morgan fingerprint density at radius 3 is 1.00 bits per heavy atom. The Balaban J connectivity index is 4.86. The summed E-state index contributed by atoms with van der Waals surface area (Å²) in [4.78, 5) is 48.6. The van der Waals surface area contributed by atoms with Crippen molar-refractivity contribution in [2.45, 2.75) is 226 Å². The maximum absolute atomic E-state index is 12.9. The van der Waals surface area contributed by atoms with Gasteiger partial charge in [0.25, 0.3) is 0 Å². The number of phosphoric ester groups is 1. The molecule has 0 bridgehead atoms. The van der Waals surface area contributed by atoms with E-state index < -0.39 is 57.8 Å². The molecule has 0 aromatic rings. The van der Waals surface area contributed by atoms with Crippen LogP contribution in [0, 0.1) is 0 Å². The first-order valence-electron chi connectivity index (χ1n) is 29.7. The number of ether oxygens (including phenoxy) is 3. The molecule has 0 aromatic carbocycles. The highest BCUT2D eigenvalue weighted by Crippen LogP contribution is 2.43. The van der Waals surface area contributed by atoms with Gasteiger partial charge in [-0.05, 0) is 135 Å². The lowest BCUT2D eigenvalue weighted by molar-refractivity contribution is -0.161. The molecule has 0 spiro atoms. The molecule has 0 amide bonds. The summed E-state index contributed by atoms with van der Waals surface area (Å²) in [6, 6.07) is 0. The number of allylic oxidation sites excluding steroid dienone is 24. The summed E-state index contributed by atoms with van der Waals surface area (Å²) in [5, 5.41) is 9.82. The van der Waals surface area contributed by atoms with Crippen molar-refractivity contribution < 1.29 is 52.2 Å². The fraction of sp³-hybridized carbons (Fsp3) is 0.591. The van der Waals surface area contributed by atoms with Crippen molar-refractivity contribution in [2.24, 2.45) is 0 Å². The quantitative estimate of drug-likeness (QED) is 0.0197. The van der Waals surface area contributed by atoms with E-state index in [0.717, 1.165) is 154 Å². The van der Waals surface area contributed by atoms with Crippen molar-refractivity contribution in [3.63, 3.8) is 0 Å². The van der Waals surface area contributed by atoms with E-state index in [4.69, 9.17) is 23.3 Å². The van der Waals surface area contributed by atoms with E-state index in [9.17, 15) is 28.9 Å². The highest BCUT2D eigenvalue weighted by atomic mass is 31.2. The third-order valence-corrected chi connectivity index (χ3v) is 12.7. The number of carbonyl (C=O) groups excluding carboxylic acids is 3. The number of hydrogen-bond acceptors (Lipinski definition) is 10. The van der Waals surface area contributed by atoms with Gasteiger partial charge in [0.15, 0.2) is 6.10 Å². The summed E-state index contributed by atoms with van der Waals surface area (Å²) < 4.78 is 39.5. The number of phosphoric acid groups is 1. The van der Waals surface area contributed by atoms with Crippen LogP contribution in [-0.2, 0) is 42.2 Å². The summed E-state index contributed by atoms with van der Waals surface area (Å²) in [5.41, 5.74) is 0. The predicted octanol–water partition coefficient (Wildman–Crippen LogP) is 17.9. The summed E-state index contributed by atoms with van der Waals surface area (Å²) >= 11 is 0. The monoisotopic (exact) mass is 1100 g/mol. The van der Waals surface area contributed by atoms with Crippen LogP contribution in [0.2, 0.25) is 0 Å². The second-order valence-electron chi connectivity index (χ2n) is 19.0. The molecule has 0 aliphatic heterocycles. The Hall–Kier alpha value is -4.64. The molecule has 0 fully saturated rings. The second kappa shape index (κ2) is 58.5. The van der Waals surface area contributed by atoms with Crippen LogP contribution in [-0.4, -0.2) is 66.5 Å². The van der Waals surface area contributed by atoms with E-state index >= 15 is 0 Å². The number of esters is 3. The zero-order valence-electron chi connectivity index (χ0n) is 48.6. The molecular weight excluding hydrogens is 1000 g/mol. The van der Waals surface area contributed by atoms with E-state index in [-0.39, 0.29) is 25.9 Å². The fourth-order valence-corrected chi connectivity index (χ4v) is 8.11. The van der Waals surface area contributed by atoms with Crippen LogP contribution < -0.4 is 0 Å². The van der Waals surface area contributed by atoms with Gasteiger partial charge < -0.3 is 24.2 Å². The first-order chi connectivity index (χ1) is 38.2. The molecule has 0 aromatic heterocycles. The van der Waals surface area contributed by atoms with Gasteiger partial charge in [0.1, 0.15) is 12.7 Å². The van der Waals surface area contributed by atoms with Crippen LogP contribution in [0.1, 0.15) is 213 Å². The molecule has 0 saturated carbocycles. The van der Waals surface area contributed by atoms with Crippen LogP contribution in [0.25, 0.3) is 0 Å². The molecule has 2 N–H and O–H groups in total. The van der Waals surface area contributed by atoms with Crippen LogP contribution in [0.5, 0.6) is 0 Å². The molecule has 0 heterocycles. The molecule has 0 aliphatic rings. The number of aliphatic hydroxyl groups is 1. The molecule has 0 radical (unpaired) electrons. The third kappa shape index (κ3) is 56.1. The van der Waals surface area contributed by atoms with Crippen molar-refractivity contribution in [3.8, 4) is 0 Å². The van der Waals surface area contributed by atoms with Gasteiger partial charge in [0, 0.05) is 19.3 Å². The van der Waals surface area contributed by atoms with Crippen molar-refractivity contribution in [1.82, 2.24) is 0 Å². The van der Waals surface area contributed by atoms with Gasteiger partial charge in [0.2, 0.25) is 0 Å². The molecule has 0 saturated heterocycles. The molecule has 12 heteroatoms. The smallest absolute Gasteiger partial charge is 0.462 e. The highest BCUT2D eigenvalue weighted by molar-refractivity contribution is 7.47. The molecule has 11 nitrogen and oxygen atoms in total. The van der Waals surface area contributed by atoms with Gasteiger partial charge in [-0.25, -0.2) is 4.57 Å². The lowest BCUT2D eigenvalue weighted by Gasteiger charge is -2.21. The third-order valence-electron chi connectivity index (χ3n) is 11.7. The van der Waals surface area contributed by atoms with Gasteiger partial charge in [-0.3, -0.25) is 23.4 Å². The van der Waals surface area contributed by atoms with Gasteiger partial charge in [-0.15, -0.1) is 0 Å². The lowest BCUT2D eigenvalue weighted by Crippen LogP contribution is -2.30. The van der Waals surface area contributed by atoms with Crippen LogP contribution >= 0.6 is 7.82 Å². The number of rotatable bonds is 53. The Kier molecular flexibility index (Phi) is 55.0. The van der Waals surface area contributed by atoms with Crippen LogP contribution in [0.15, 0.2) is 146 Å². The van der Waals surface area contributed by atoms with Gasteiger partial charge in [-0.2, -0.15) is 0 Å². The number of aliphatic hydroxyl groups excluding tert-OH is 1. The van der Waals surface area contributed by atoms with E-state index in [1.54, 1.807) is 0 Å². The normalized spacial score (nSPS) is 14.4. The van der Waals surface area contributed by atoms with Crippen LogP contribution in [0.4, 0.5) is 0 Å². The Bertz CT molecular complexity index is 1860. The first-order valence-corrected chi connectivity index (χ1v) is 31.2. The Morgan fingerprint density at radius 1 is 0.359 bits per heavy atom. The zero-order chi connectivity index (χ0) is 56.9. The minimum atomic E-state index is -4.78. The SMILES string of the molecule is CC/C=C\C/C=C\C/C=C\C/C=C\C/C=C\CCCCCC(=O)OCC(COP(=O)(O)OCC(CO)OC(=O)CCCC/C=C\C/C=C\C/C=C\C/C=C\CC)OC(=O)CCCCCCCCC/C=C\C/C=C\C/C=C\CC. The Morgan fingerprint density at radius 2 is 0.628 bits per heavy atom. The summed E-state index contributed by atoms with van der Waals surface area (Å²) in [6.07, 6.45) is 75.2. The largest absolute Gasteiger partial charge is 0.472 e. The summed E-state index contributed by atoms with van der Waals surface area (Å²) in [5.74, 6) is -1.58. The second-order valence-corrected chi connectivity index (χ2v) is 20.5. The number of unbranched alkanes of at least 4 members (excludes halogenated alkanes) is 12. The molecule has 0 rings (SSSR count). The minimum absolute atomic E-state index is 0.114. The predicted molar refractivity (Wildman–Crippen MR) is 325 cm³/mol. The summed E-state index contributed by atoms with van der Waals surface area (Å²) in [7, 11) is -4.78. The average molecular weight is 1110 g/mol. The van der Waals surface area contributed by atoms with E-state index in [1.165, 1.54) is 0 Å². The lowest BCUT2D eigenvalue weighted by atomic mass is 10.1. The van der Waals surface area contributed by atoms with Gasteiger partial charge in [0.05, 0.1) is 19.8 Å². The van der Waals surface area contributed by atoms with Gasteiger partial charge in [-0.1, -0.05) is 205 Å². The van der Waals surface area contributed by atoms with Crippen molar-refractivity contribution in [1.29, 1.82) is 0 Å². The van der Waals surface area contributed by atoms with E-state index in [2.05, 4.69) is 167 Å². The number of hydrogen-bond donors (Lipinski definition) is 2. The molecule has 3 atom stereocenters. The van der Waals surface area contributed by atoms with Crippen molar-refractivity contribution >= 4 is 25.7 Å². The van der Waals surface area contributed by atoms with Crippen molar-refractivity contribution in [3.05, 3.63) is 146 Å². The topological polar surface area (TPSA) is 155 Å². The summed E-state index contributed by atoms with van der Waals surface area (Å²) in [6.45, 7) is 4.19. The van der Waals surface area contributed by atoms with Crippen LogP contribution in [0.3, 0.4) is 0 Å². The Labute approximate surface area is 473 Å². The van der Waals surface area contributed by atoms with E-state index in [0.29, 0.717) is 19.3 Å². The maximum atomic E-state index is 12.9. The maximum Gasteiger partial charge on any atom is 0.472 e. The highest BCUT2D eigenvalue weighted by Gasteiger charge is 2.28. The zero-order valence-corrected chi connectivity index (χ0v) is 49.5. The first kappa shape index (κ1) is 73.4. The minimum Gasteiger partial charge on any atom is -0.462 e. The molecule has 3 unspecified atom stereocenters. The molecular formula is C66H105O11P. The van der Waals surface area contributed by atoms with Crippen molar-refractivity contribution in [2.75, 3.05) is 26.4 Å². The number of carbonyl (C=O) groups is 3. The average Bonchev–Trinajstić information content (AvgIpc) is 3.43. The van der Waals surface area contributed by atoms with Gasteiger partial charge >= 0.3 is 25.7 Å². The molecule has 0 aliphatic carbocycles. The molecule has 78 heavy (non-hydrogen) atoms. The fourth-order valence-electron chi connectivity index (χ4n) is 7.33. The van der Waals surface area contributed by atoms with E-state index in [1.807, 2.05) is 0 Å². The molecule has 440 valence electrons.